The molecule has 1 aromatic heterocycles. The molecule has 0 aromatic carbocycles. The van der Waals surface area contributed by atoms with Crippen molar-refractivity contribution in [2.45, 2.75) is 26.3 Å². The van der Waals surface area contributed by atoms with Gasteiger partial charge in [0.1, 0.15) is 11.6 Å². The molecule has 6 heteroatoms. The van der Waals surface area contributed by atoms with Crippen LogP contribution in [0.15, 0.2) is 6.20 Å². The van der Waals surface area contributed by atoms with E-state index in [9.17, 15) is 4.39 Å². The zero-order valence-corrected chi connectivity index (χ0v) is 11.3. The van der Waals surface area contributed by atoms with E-state index in [4.69, 9.17) is 11.5 Å². The molecular weight excluding hydrogens is 264 g/mol. The molecular formula is C11H16Cl2FN3. The van der Waals surface area contributed by atoms with Crippen molar-refractivity contribution >= 4 is 30.6 Å². The van der Waals surface area contributed by atoms with Gasteiger partial charge < -0.3 is 11.5 Å². The molecule has 0 aliphatic carbocycles. The first kappa shape index (κ1) is 18.3. The van der Waals surface area contributed by atoms with E-state index >= 15 is 0 Å². The van der Waals surface area contributed by atoms with Crippen LogP contribution in [-0.2, 0) is 0 Å². The van der Waals surface area contributed by atoms with Gasteiger partial charge in [0.2, 0.25) is 0 Å². The Morgan fingerprint density at radius 1 is 1.47 bits per heavy atom. The number of hydrogen-bond donors (Lipinski definition) is 2. The standard InChI is InChI=1S/C11H14FN3.2ClH/c1-7(13)4-3-5-9-6-15-11(14)8(2)10(9)12;;/h6-7H,4,13H2,1-2H3,(H2,14,15);2*1H/t7-;;/m0../s1. The quantitative estimate of drug-likeness (QED) is 0.774. The second-order valence-electron chi connectivity index (χ2n) is 3.48. The smallest absolute Gasteiger partial charge is 0.146 e. The Labute approximate surface area is 113 Å². The maximum absolute atomic E-state index is 13.5. The summed E-state index contributed by atoms with van der Waals surface area (Å²) in [6, 6.07) is -0.0107. The minimum absolute atomic E-state index is 0. The van der Waals surface area contributed by atoms with E-state index in [2.05, 4.69) is 16.8 Å². The van der Waals surface area contributed by atoms with E-state index in [0.29, 0.717) is 12.0 Å². The third kappa shape index (κ3) is 5.22. The lowest BCUT2D eigenvalue weighted by atomic mass is 10.1. The van der Waals surface area contributed by atoms with Crippen molar-refractivity contribution in [1.82, 2.24) is 4.98 Å². The Morgan fingerprint density at radius 3 is 2.59 bits per heavy atom. The van der Waals surface area contributed by atoms with Gasteiger partial charge in [0, 0.05) is 24.2 Å². The number of nitrogens with two attached hydrogens (primary N) is 2. The number of halogens is 3. The highest BCUT2D eigenvalue weighted by Gasteiger charge is 2.06. The highest BCUT2D eigenvalue weighted by Crippen LogP contribution is 2.14. The summed E-state index contributed by atoms with van der Waals surface area (Å²) < 4.78 is 13.5. The Bertz CT molecular complexity index is 425. The molecule has 0 amide bonds. The Balaban J connectivity index is 0. The van der Waals surface area contributed by atoms with E-state index in [1.807, 2.05) is 6.92 Å². The predicted octanol–water partition coefficient (Wildman–Crippen LogP) is 2.04. The fraction of sp³-hybridized carbons (Fsp3) is 0.364. The van der Waals surface area contributed by atoms with Gasteiger partial charge in [-0.1, -0.05) is 11.8 Å². The van der Waals surface area contributed by atoms with Gasteiger partial charge in [-0.25, -0.2) is 9.37 Å². The molecule has 0 bridgehead atoms. The molecule has 1 aromatic rings. The summed E-state index contributed by atoms with van der Waals surface area (Å²) in [6.07, 6.45) is 1.87. The number of nitrogen functional groups attached to an aromatic ring is 1. The highest BCUT2D eigenvalue weighted by molar-refractivity contribution is 5.85. The topological polar surface area (TPSA) is 64.9 Å². The van der Waals surface area contributed by atoms with Gasteiger partial charge in [-0.3, -0.25) is 0 Å². The average molecular weight is 280 g/mol. The average Bonchev–Trinajstić information content (AvgIpc) is 2.18. The summed E-state index contributed by atoms with van der Waals surface area (Å²) in [5.74, 6) is 5.28. The van der Waals surface area contributed by atoms with E-state index in [-0.39, 0.29) is 42.2 Å². The summed E-state index contributed by atoms with van der Waals surface area (Å²) in [6.45, 7) is 3.42. The minimum Gasteiger partial charge on any atom is -0.383 e. The van der Waals surface area contributed by atoms with Crippen LogP contribution in [0.2, 0.25) is 0 Å². The second kappa shape index (κ2) is 8.13. The molecule has 0 aliphatic rings. The van der Waals surface area contributed by atoms with Crippen LogP contribution in [0, 0.1) is 24.6 Å². The molecule has 1 rings (SSSR count). The lowest BCUT2D eigenvalue weighted by molar-refractivity contribution is 0.613. The number of aromatic nitrogens is 1. The number of nitrogens with zero attached hydrogens (tertiary/aromatic N) is 1. The molecule has 17 heavy (non-hydrogen) atoms. The first-order chi connectivity index (χ1) is 7.02. The molecule has 0 fully saturated rings. The van der Waals surface area contributed by atoms with Gasteiger partial charge >= 0.3 is 0 Å². The number of pyridine rings is 1. The molecule has 0 aliphatic heterocycles. The molecule has 96 valence electrons. The normalized spacial score (nSPS) is 10.4. The van der Waals surface area contributed by atoms with Gasteiger partial charge in [0.15, 0.2) is 0 Å². The minimum atomic E-state index is -0.403. The van der Waals surface area contributed by atoms with Crippen LogP contribution in [0.1, 0.15) is 24.5 Å². The van der Waals surface area contributed by atoms with Crippen LogP contribution in [-0.4, -0.2) is 11.0 Å². The third-order valence-electron chi connectivity index (χ3n) is 1.93. The molecule has 0 spiro atoms. The molecule has 0 saturated carbocycles. The predicted molar refractivity (Wildman–Crippen MR) is 73.0 cm³/mol. The van der Waals surface area contributed by atoms with E-state index < -0.39 is 5.82 Å². The second-order valence-corrected chi connectivity index (χ2v) is 3.48. The van der Waals surface area contributed by atoms with E-state index in [0.717, 1.165) is 0 Å². The van der Waals surface area contributed by atoms with Gasteiger partial charge in [-0.2, -0.15) is 0 Å². The van der Waals surface area contributed by atoms with E-state index in [1.165, 1.54) is 6.20 Å². The van der Waals surface area contributed by atoms with Gasteiger partial charge in [0.05, 0.1) is 5.56 Å². The molecule has 0 saturated heterocycles. The lowest BCUT2D eigenvalue weighted by Gasteiger charge is -2.01. The van der Waals surface area contributed by atoms with Crippen LogP contribution in [0.3, 0.4) is 0 Å². The zero-order chi connectivity index (χ0) is 11.4. The first-order valence-corrected chi connectivity index (χ1v) is 4.67. The first-order valence-electron chi connectivity index (χ1n) is 4.67. The Hall–Kier alpha value is -1.02. The molecule has 3 nitrogen and oxygen atoms in total. The van der Waals surface area contributed by atoms with Crippen molar-refractivity contribution < 1.29 is 4.39 Å². The van der Waals surface area contributed by atoms with Crippen molar-refractivity contribution in [3.05, 3.63) is 23.1 Å². The van der Waals surface area contributed by atoms with Crippen molar-refractivity contribution in [3.63, 3.8) is 0 Å². The summed E-state index contributed by atoms with van der Waals surface area (Å²) in [4.78, 5) is 3.84. The number of anilines is 1. The van der Waals surface area contributed by atoms with Crippen LogP contribution in [0.4, 0.5) is 10.2 Å². The largest absolute Gasteiger partial charge is 0.383 e. The molecule has 4 N–H and O–H groups in total. The summed E-state index contributed by atoms with van der Waals surface area (Å²) in [5, 5.41) is 0. The van der Waals surface area contributed by atoms with Crippen LogP contribution in [0.25, 0.3) is 0 Å². The monoisotopic (exact) mass is 279 g/mol. The van der Waals surface area contributed by atoms with Crippen LogP contribution in [0.5, 0.6) is 0 Å². The molecule has 0 radical (unpaired) electrons. The molecule has 0 unspecified atom stereocenters. The maximum Gasteiger partial charge on any atom is 0.146 e. The third-order valence-corrected chi connectivity index (χ3v) is 1.93. The fourth-order valence-electron chi connectivity index (χ4n) is 0.996. The molecule has 1 atom stereocenters. The van der Waals surface area contributed by atoms with E-state index in [1.54, 1.807) is 6.92 Å². The SMILES string of the molecule is Cc1c(N)ncc(C#CC[C@H](C)N)c1F.Cl.Cl. The van der Waals surface area contributed by atoms with Crippen LogP contribution >= 0.6 is 24.8 Å². The van der Waals surface area contributed by atoms with Crippen LogP contribution < -0.4 is 11.5 Å². The number of hydrogen-bond acceptors (Lipinski definition) is 3. The lowest BCUT2D eigenvalue weighted by Crippen LogP contribution is -2.12. The van der Waals surface area contributed by atoms with Crippen molar-refractivity contribution in [1.29, 1.82) is 0 Å². The molecule has 1 heterocycles. The Morgan fingerprint density at radius 2 is 2.06 bits per heavy atom. The maximum atomic E-state index is 13.5. The Kier molecular flexibility index (Phi) is 8.77. The summed E-state index contributed by atoms with van der Waals surface area (Å²) in [7, 11) is 0. The summed E-state index contributed by atoms with van der Waals surface area (Å²) in [5.41, 5.74) is 11.6. The van der Waals surface area contributed by atoms with Gasteiger partial charge in [0.25, 0.3) is 0 Å². The van der Waals surface area contributed by atoms with Gasteiger partial charge in [-0.05, 0) is 13.8 Å². The highest BCUT2D eigenvalue weighted by atomic mass is 35.5. The zero-order valence-electron chi connectivity index (χ0n) is 9.66. The van der Waals surface area contributed by atoms with Crippen molar-refractivity contribution in [2.24, 2.45) is 5.73 Å². The fourth-order valence-corrected chi connectivity index (χ4v) is 0.996. The summed E-state index contributed by atoms with van der Waals surface area (Å²) >= 11 is 0. The van der Waals surface area contributed by atoms with Crippen molar-refractivity contribution in [3.8, 4) is 11.8 Å². The number of rotatable bonds is 1. The van der Waals surface area contributed by atoms with Crippen molar-refractivity contribution in [2.75, 3.05) is 5.73 Å². The van der Waals surface area contributed by atoms with Gasteiger partial charge in [-0.15, -0.1) is 24.8 Å².